The minimum absolute atomic E-state index is 0.645. The second-order valence-corrected chi connectivity index (χ2v) is 6.39. The van der Waals surface area contributed by atoms with Crippen LogP contribution in [-0.4, -0.2) is 26.1 Å². The van der Waals surface area contributed by atoms with Gasteiger partial charge < -0.3 is 5.32 Å². The van der Waals surface area contributed by atoms with Gasteiger partial charge >= 0.3 is 0 Å². The van der Waals surface area contributed by atoms with E-state index in [1.807, 2.05) is 4.52 Å². The Morgan fingerprint density at radius 1 is 1.23 bits per heavy atom. The van der Waals surface area contributed by atoms with Crippen LogP contribution < -0.4 is 5.32 Å². The summed E-state index contributed by atoms with van der Waals surface area (Å²) in [6, 6.07) is 7.21. The monoisotopic (exact) mass is 295 g/mol. The van der Waals surface area contributed by atoms with Crippen LogP contribution in [-0.2, 0) is 6.54 Å². The molecular formula is C17H21N5. The zero-order valence-corrected chi connectivity index (χ0v) is 13.1. The SMILES string of the molecule is Cc1ccc2cc(CNC3CCCC3)c3nnnn3c2c1C. The van der Waals surface area contributed by atoms with Gasteiger partial charge in [0.15, 0.2) is 5.65 Å². The van der Waals surface area contributed by atoms with Gasteiger partial charge in [0.2, 0.25) is 0 Å². The molecule has 1 N–H and O–H groups in total. The topological polar surface area (TPSA) is 55.1 Å². The molecule has 1 aliphatic carbocycles. The maximum Gasteiger partial charge on any atom is 0.184 e. The number of benzene rings is 1. The molecule has 1 aromatic carbocycles. The van der Waals surface area contributed by atoms with Gasteiger partial charge in [-0.15, -0.1) is 5.10 Å². The Bertz CT molecular complexity index is 830. The van der Waals surface area contributed by atoms with E-state index in [9.17, 15) is 0 Å². The fourth-order valence-electron chi connectivity index (χ4n) is 3.52. The summed E-state index contributed by atoms with van der Waals surface area (Å²) in [7, 11) is 0. The summed E-state index contributed by atoms with van der Waals surface area (Å²) in [5.74, 6) is 0. The highest BCUT2D eigenvalue weighted by atomic mass is 15.5. The predicted octanol–water partition coefficient (Wildman–Crippen LogP) is 2.93. The van der Waals surface area contributed by atoms with Crippen molar-refractivity contribution in [2.24, 2.45) is 0 Å². The van der Waals surface area contributed by atoms with E-state index in [0.29, 0.717) is 6.04 Å². The molecular weight excluding hydrogens is 274 g/mol. The number of nitrogens with zero attached hydrogens (tertiary/aromatic N) is 4. The Morgan fingerprint density at radius 2 is 2.05 bits per heavy atom. The molecule has 5 nitrogen and oxygen atoms in total. The number of pyridine rings is 1. The molecule has 114 valence electrons. The first-order valence-corrected chi connectivity index (χ1v) is 8.07. The average Bonchev–Trinajstić information content (AvgIpc) is 3.19. The number of tetrazole rings is 1. The summed E-state index contributed by atoms with van der Waals surface area (Å²) in [6.45, 7) is 5.09. The van der Waals surface area contributed by atoms with Gasteiger partial charge in [0.05, 0.1) is 5.52 Å². The van der Waals surface area contributed by atoms with Crippen LogP contribution in [0.3, 0.4) is 0 Å². The van der Waals surface area contributed by atoms with Crippen LogP contribution in [0.2, 0.25) is 0 Å². The highest BCUT2D eigenvalue weighted by Gasteiger charge is 2.16. The van der Waals surface area contributed by atoms with E-state index in [2.05, 4.69) is 52.9 Å². The second-order valence-electron chi connectivity index (χ2n) is 6.39. The number of hydrogen-bond acceptors (Lipinski definition) is 4. The van der Waals surface area contributed by atoms with E-state index in [1.165, 1.54) is 47.8 Å². The van der Waals surface area contributed by atoms with E-state index in [-0.39, 0.29) is 0 Å². The predicted molar refractivity (Wildman–Crippen MR) is 86.9 cm³/mol. The van der Waals surface area contributed by atoms with Crippen molar-refractivity contribution in [1.29, 1.82) is 0 Å². The zero-order valence-electron chi connectivity index (χ0n) is 13.1. The van der Waals surface area contributed by atoms with Crippen molar-refractivity contribution < 1.29 is 0 Å². The van der Waals surface area contributed by atoms with Crippen molar-refractivity contribution in [2.45, 2.75) is 52.1 Å². The molecule has 4 rings (SSSR count). The van der Waals surface area contributed by atoms with Crippen molar-refractivity contribution >= 4 is 16.6 Å². The van der Waals surface area contributed by atoms with Crippen molar-refractivity contribution in [3.05, 3.63) is 34.9 Å². The molecule has 3 aromatic rings. The largest absolute Gasteiger partial charge is 0.310 e. The maximum atomic E-state index is 4.25. The maximum absolute atomic E-state index is 4.25. The van der Waals surface area contributed by atoms with Crippen LogP contribution in [0.1, 0.15) is 42.4 Å². The van der Waals surface area contributed by atoms with E-state index >= 15 is 0 Å². The summed E-state index contributed by atoms with van der Waals surface area (Å²) >= 11 is 0. The summed E-state index contributed by atoms with van der Waals surface area (Å²) in [5, 5.41) is 17.2. The number of aromatic nitrogens is 4. The van der Waals surface area contributed by atoms with Gasteiger partial charge in [0.1, 0.15) is 0 Å². The third-order valence-electron chi connectivity index (χ3n) is 4.97. The average molecular weight is 295 g/mol. The Morgan fingerprint density at radius 3 is 2.86 bits per heavy atom. The van der Waals surface area contributed by atoms with Crippen LogP contribution in [0, 0.1) is 13.8 Å². The third kappa shape index (κ3) is 2.16. The normalized spacial score (nSPS) is 16.1. The quantitative estimate of drug-likeness (QED) is 0.807. The van der Waals surface area contributed by atoms with Crippen molar-refractivity contribution in [3.63, 3.8) is 0 Å². The highest BCUT2D eigenvalue weighted by Crippen LogP contribution is 2.25. The fraction of sp³-hybridized carbons (Fsp3) is 0.471. The molecule has 2 heterocycles. The van der Waals surface area contributed by atoms with Gasteiger partial charge in [-0.1, -0.05) is 25.0 Å². The van der Waals surface area contributed by atoms with E-state index in [1.54, 1.807) is 0 Å². The lowest BCUT2D eigenvalue weighted by atomic mass is 10.0. The lowest BCUT2D eigenvalue weighted by Crippen LogP contribution is -2.25. The standard InChI is InChI=1S/C17H21N5/c1-11-7-8-13-9-14(10-18-15-5-3-4-6-15)17-19-20-21-22(17)16(13)12(11)2/h7-9,15,18H,3-6,10H2,1-2H3. The Labute approximate surface area is 129 Å². The van der Waals surface area contributed by atoms with Gasteiger partial charge in [0, 0.05) is 23.5 Å². The first-order chi connectivity index (χ1) is 10.7. The molecule has 1 aliphatic rings. The van der Waals surface area contributed by atoms with E-state index < -0.39 is 0 Å². The molecule has 1 fully saturated rings. The number of hydrogen-bond donors (Lipinski definition) is 1. The molecule has 0 spiro atoms. The molecule has 0 amide bonds. The minimum Gasteiger partial charge on any atom is -0.310 e. The minimum atomic E-state index is 0.645. The van der Waals surface area contributed by atoms with Crippen LogP contribution in [0.4, 0.5) is 0 Å². The lowest BCUT2D eigenvalue weighted by molar-refractivity contribution is 0.525. The Balaban J connectivity index is 1.80. The van der Waals surface area contributed by atoms with Gasteiger partial charge in [-0.2, -0.15) is 4.52 Å². The molecule has 0 aliphatic heterocycles. The van der Waals surface area contributed by atoms with Crippen LogP contribution in [0.5, 0.6) is 0 Å². The van der Waals surface area contributed by atoms with E-state index in [4.69, 9.17) is 0 Å². The van der Waals surface area contributed by atoms with Gasteiger partial charge in [-0.05, 0) is 54.3 Å². The summed E-state index contributed by atoms with van der Waals surface area (Å²) in [5.41, 5.74) is 5.66. The summed E-state index contributed by atoms with van der Waals surface area (Å²) in [6.07, 6.45) is 5.26. The van der Waals surface area contributed by atoms with Gasteiger partial charge in [0.25, 0.3) is 0 Å². The number of nitrogens with one attached hydrogen (secondary N) is 1. The molecule has 5 heteroatoms. The lowest BCUT2D eigenvalue weighted by Gasteiger charge is -2.14. The number of rotatable bonds is 3. The van der Waals surface area contributed by atoms with Gasteiger partial charge in [-0.3, -0.25) is 0 Å². The van der Waals surface area contributed by atoms with Gasteiger partial charge in [-0.25, -0.2) is 0 Å². The summed E-state index contributed by atoms with van der Waals surface area (Å²) < 4.78 is 1.89. The fourth-order valence-corrected chi connectivity index (χ4v) is 3.52. The van der Waals surface area contributed by atoms with Crippen LogP contribution in [0.25, 0.3) is 16.6 Å². The Kier molecular flexibility index (Phi) is 3.30. The molecule has 22 heavy (non-hydrogen) atoms. The van der Waals surface area contributed by atoms with Crippen LogP contribution in [0.15, 0.2) is 18.2 Å². The van der Waals surface area contributed by atoms with E-state index in [0.717, 1.165) is 17.7 Å². The smallest absolute Gasteiger partial charge is 0.184 e. The molecule has 2 aromatic heterocycles. The molecule has 0 atom stereocenters. The Hall–Kier alpha value is -2.01. The molecule has 0 bridgehead atoms. The second kappa shape index (κ2) is 5.32. The highest BCUT2D eigenvalue weighted by molar-refractivity contribution is 5.86. The van der Waals surface area contributed by atoms with Crippen molar-refractivity contribution in [3.8, 4) is 0 Å². The molecule has 0 saturated heterocycles. The third-order valence-corrected chi connectivity index (χ3v) is 4.97. The molecule has 1 saturated carbocycles. The zero-order chi connectivity index (χ0) is 15.1. The van der Waals surface area contributed by atoms with Crippen molar-refractivity contribution in [2.75, 3.05) is 0 Å². The van der Waals surface area contributed by atoms with Crippen LogP contribution >= 0.6 is 0 Å². The number of fused-ring (bicyclic) bond motifs is 3. The summed E-state index contributed by atoms with van der Waals surface area (Å²) in [4.78, 5) is 0. The van der Waals surface area contributed by atoms with Crippen molar-refractivity contribution in [1.82, 2.24) is 25.4 Å². The first-order valence-electron chi connectivity index (χ1n) is 8.07. The first kappa shape index (κ1) is 13.6. The molecule has 0 unspecified atom stereocenters. The number of aryl methyl sites for hydroxylation is 2. The molecule has 0 radical (unpaired) electrons.